The Morgan fingerprint density at radius 2 is 2.33 bits per heavy atom. The Balaban J connectivity index is 2.65. The first-order valence-corrected chi connectivity index (χ1v) is 4.41. The summed E-state index contributed by atoms with van der Waals surface area (Å²) in [5.41, 5.74) is 7.75. The highest BCUT2D eigenvalue weighted by molar-refractivity contribution is 5.92. The van der Waals surface area contributed by atoms with Crippen LogP contribution >= 0.6 is 0 Å². The Labute approximate surface area is 87.9 Å². The van der Waals surface area contributed by atoms with Gasteiger partial charge in [0.1, 0.15) is 6.54 Å². The molecule has 0 aliphatic rings. The predicted octanol–water partition coefficient (Wildman–Crippen LogP) is 1.22. The summed E-state index contributed by atoms with van der Waals surface area (Å²) in [4.78, 5) is 11.2. The molecular formula is C10H12N4O. The fourth-order valence-electron chi connectivity index (χ4n) is 1.08. The van der Waals surface area contributed by atoms with Gasteiger partial charge in [-0.3, -0.25) is 0 Å². The lowest BCUT2D eigenvalue weighted by Gasteiger charge is -2.08. The molecule has 0 aliphatic carbocycles. The van der Waals surface area contributed by atoms with E-state index in [4.69, 9.17) is 11.0 Å². The quantitative estimate of drug-likeness (QED) is 0.499. The van der Waals surface area contributed by atoms with Gasteiger partial charge in [0.15, 0.2) is 0 Å². The van der Waals surface area contributed by atoms with Crippen molar-refractivity contribution in [2.24, 2.45) is 0 Å². The van der Waals surface area contributed by atoms with Gasteiger partial charge >= 0.3 is 6.03 Å². The van der Waals surface area contributed by atoms with Gasteiger partial charge in [0.25, 0.3) is 0 Å². The SMILES string of the molecule is Cc1ccc(NC(=O)NCC#N)c(N)c1. The van der Waals surface area contributed by atoms with E-state index in [0.29, 0.717) is 11.4 Å². The average molecular weight is 204 g/mol. The molecule has 0 saturated heterocycles. The highest BCUT2D eigenvalue weighted by atomic mass is 16.2. The summed E-state index contributed by atoms with van der Waals surface area (Å²) in [5.74, 6) is 0. The van der Waals surface area contributed by atoms with Crippen LogP contribution < -0.4 is 16.4 Å². The zero-order chi connectivity index (χ0) is 11.3. The second-order valence-corrected chi connectivity index (χ2v) is 3.06. The molecule has 5 heteroatoms. The minimum absolute atomic E-state index is 0.0302. The van der Waals surface area contributed by atoms with Crippen molar-refractivity contribution in [3.05, 3.63) is 23.8 Å². The maximum Gasteiger partial charge on any atom is 0.320 e. The molecule has 5 nitrogen and oxygen atoms in total. The molecule has 0 fully saturated rings. The number of rotatable bonds is 2. The van der Waals surface area contributed by atoms with Crippen LogP contribution in [-0.2, 0) is 0 Å². The largest absolute Gasteiger partial charge is 0.397 e. The molecule has 0 spiro atoms. The van der Waals surface area contributed by atoms with E-state index in [1.165, 1.54) is 0 Å². The van der Waals surface area contributed by atoms with Gasteiger partial charge in [0.2, 0.25) is 0 Å². The van der Waals surface area contributed by atoms with Crippen LogP contribution in [0, 0.1) is 18.3 Å². The smallest absolute Gasteiger partial charge is 0.320 e. The third-order valence-electron chi connectivity index (χ3n) is 1.78. The molecule has 78 valence electrons. The van der Waals surface area contributed by atoms with Crippen LogP contribution in [0.3, 0.4) is 0 Å². The Hall–Kier alpha value is -2.22. The summed E-state index contributed by atoms with van der Waals surface area (Å²) in [5, 5.41) is 13.2. The molecule has 2 amide bonds. The van der Waals surface area contributed by atoms with Crippen LogP contribution in [-0.4, -0.2) is 12.6 Å². The lowest BCUT2D eigenvalue weighted by Crippen LogP contribution is -2.29. The lowest BCUT2D eigenvalue weighted by atomic mass is 10.2. The van der Waals surface area contributed by atoms with Crippen molar-refractivity contribution in [2.45, 2.75) is 6.92 Å². The highest BCUT2D eigenvalue weighted by Gasteiger charge is 2.03. The topological polar surface area (TPSA) is 90.9 Å². The predicted molar refractivity (Wildman–Crippen MR) is 58.2 cm³/mol. The van der Waals surface area contributed by atoms with Crippen molar-refractivity contribution in [3.63, 3.8) is 0 Å². The summed E-state index contributed by atoms with van der Waals surface area (Å²) in [6.07, 6.45) is 0. The Bertz CT molecular complexity index is 408. The van der Waals surface area contributed by atoms with E-state index in [2.05, 4.69) is 10.6 Å². The van der Waals surface area contributed by atoms with E-state index >= 15 is 0 Å². The molecule has 1 aromatic carbocycles. The summed E-state index contributed by atoms with van der Waals surface area (Å²) >= 11 is 0. The summed E-state index contributed by atoms with van der Waals surface area (Å²) < 4.78 is 0. The first kappa shape index (κ1) is 10.9. The molecule has 0 atom stereocenters. The zero-order valence-electron chi connectivity index (χ0n) is 8.37. The van der Waals surface area contributed by atoms with Gasteiger partial charge in [-0.05, 0) is 24.6 Å². The average Bonchev–Trinajstić information content (AvgIpc) is 2.19. The van der Waals surface area contributed by atoms with Crippen LogP contribution in [0.1, 0.15) is 5.56 Å². The number of amides is 2. The van der Waals surface area contributed by atoms with Crippen LogP contribution in [0.15, 0.2) is 18.2 Å². The summed E-state index contributed by atoms with van der Waals surface area (Å²) in [6.45, 7) is 1.88. The summed E-state index contributed by atoms with van der Waals surface area (Å²) in [6, 6.07) is 6.69. The lowest BCUT2D eigenvalue weighted by molar-refractivity contribution is 0.253. The minimum Gasteiger partial charge on any atom is -0.397 e. The number of benzene rings is 1. The van der Waals surface area contributed by atoms with E-state index in [-0.39, 0.29) is 6.54 Å². The summed E-state index contributed by atoms with van der Waals surface area (Å²) in [7, 11) is 0. The Morgan fingerprint density at radius 3 is 2.93 bits per heavy atom. The molecule has 0 bridgehead atoms. The molecule has 1 rings (SSSR count). The van der Waals surface area contributed by atoms with Gasteiger partial charge in [0, 0.05) is 0 Å². The zero-order valence-corrected chi connectivity index (χ0v) is 8.37. The third-order valence-corrected chi connectivity index (χ3v) is 1.78. The van der Waals surface area contributed by atoms with Crippen molar-refractivity contribution in [3.8, 4) is 6.07 Å². The van der Waals surface area contributed by atoms with Crippen LogP contribution in [0.25, 0.3) is 0 Å². The van der Waals surface area contributed by atoms with Crippen molar-refractivity contribution in [2.75, 3.05) is 17.6 Å². The first-order valence-electron chi connectivity index (χ1n) is 4.41. The molecule has 0 heterocycles. The number of nitrogens with one attached hydrogen (secondary N) is 2. The molecular weight excluding hydrogens is 192 g/mol. The standard InChI is InChI=1S/C10H12N4O/c1-7-2-3-9(8(12)6-7)14-10(15)13-5-4-11/h2-3,6H,5,12H2,1H3,(H2,13,14,15). The molecule has 0 saturated carbocycles. The number of anilines is 2. The molecule has 0 aromatic heterocycles. The van der Waals surface area contributed by atoms with E-state index in [0.717, 1.165) is 5.56 Å². The molecule has 0 unspecified atom stereocenters. The molecule has 15 heavy (non-hydrogen) atoms. The van der Waals surface area contributed by atoms with Gasteiger partial charge in [-0.2, -0.15) is 5.26 Å². The van der Waals surface area contributed by atoms with Gasteiger partial charge in [-0.15, -0.1) is 0 Å². The minimum atomic E-state index is -0.438. The number of hydrogen-bond donors (Lipinski definition) is 3. The van der Waals surface area contributed by atoms with E-state index in [1.54, 1.807) is 18.2 Å². The van der Waals surface area contributed by atoms with E-state index in [1.807, 2.05) is 13.0 Å². The third kappa shape index (κ3) is 3.19. The molecule has 4 N–H and O–H groups in total. The number of hydrogen-bond acceptors (Lipinski definition) is 3. The van der Waals surface area contributed by atoms with Crippen molar-refractivity contribution in [1.82, 2.24) is 5.32 Å². The number of nitrogen functional groups attached to an aromatic ring is 1. The number of urea groups is 1. The molecule has 0 radical (unpaired) electrons. The van der Waals surface area contributed by atoms with Crippen molar-refractivity contribution >= 4 is 17.4 Å². The molecule has 0 aliphatic heterocycles. The first-order chi connectivity index (χ1) is 7.13. The van der Waals surface area contributed by atoms with Crippen LogP contribution in [0.4, 0.5) is 16.2 Å². The number of carbonyl (C=O) groups is 1. The fraction of sp³-hybridized carbons (Fsp3) is 0.200. The van der Waals surface area contributed by atoms with Gasteiger partial charge in [-0.1, -0.05) is 6.07 Å². The molecule has 1 aromatic rings. The van der Waals surface area contributed by atoms with Crippen molar-refractivity contribution < 1.29 is 4.79 Å². The number of nitriles is 1. The van der Waals surface area contributed by atoms with Crippen LogP contribution in [0.5, 0.6) is 0 Å². The van der Waals surface area contributed by atoms with Crippen LogP contribution in [0.2, 0.25) is 0 Å². The van der Waals surface area contributed by atoms with Gasteiger partial charge in [0.05, 0.1) is 17.4 Å². The maximum absolute atomic E-state index is 11.2. The van der Waals surface area contributed by atoms with Crippen molar-refractivity contribution in [1.29, 1.82) is 5.26 Å². The number of nitrogens with two attached hydrogens (primary N) is 1. The van der Waals surface area contributed by atoms with Gasteiger partial charge < -0.3 is 16.4 Å². The Morgan fingerprint density at radius 1 is 1.60 bits per heavy atom. The fourth-order valence-corrected chi connectivity index (χ4v) is 1.08. The highest BCUT2D eigenvalue weighted by Crippen LogP contribution is 2.18. The number of aryl methyl sites for hydroxylation is 1. The van der Waals surface area contributed by atoms with E-state index < -0.39 is 6.03 Å². The maximum atomic E-state index is 11.2. The Kier molecular flexibility index (Phi) is 3.52. The second kappa shape index (κ2) is 4.86. The normalized spacial score (nSPS) is 9.07. The van der Waals surface area contributed by atoms with E-state index in [9.17, 15) is 4.79 Å². The second-order valence-electron chi connectivity index (χ2n) is 3.06. The number of nitrogens with zero attached hydrogens (tertiary/aromatic N) is 1. The monoisotopic (exact) mass is 204 g/mol. The number of carbonyl (C=O) groups excluding carboxylic acids is 1. The van der Waals surface area contributed by atoms with Gasteiger partial charge in [-0.25, -0.2) is 4.79 Å².